The van der Waals surface area contributed by atoms with Crippen molar-refractivity contribution < 1.29 is 5.11 Å². The van der Waals surface area contributed by atoms with Gasteiger partial charge in [-0.25, -0.2) is 0 Å². The van der Waals surface area contributed by atoms with Gasteiger partial charge < -0.3 is 5.11 Å². The van der Waals surface area contributed by atoms with Gasteiger partial charge in [0.15, 0.2) is 0 Å². The van der Waals surface area contributed by atoms with E-state index in [4.69, 9.17) is 0 Å². The predicted molar refractivity (Wildman–Crippen MR) is 54.4 cm³/mol. The molecule has 2 saturated carbocycles. The topological polar surface area (TPSA) is 20.2 Å². The summed E-state index contributed by atoms with van der Waals surface area (Å²) < 4.78 is 0. The molecule has 2 aliphatic carbocycles. The summed E-state index contributed by atoms with van der Waals surface area (Å²) in [5.41, 5.74) is 0. The third-order valence-electron chi connectivity index (χ3n) is 4.29. The zero-order valence-corrected chi connectivity index (χ0v) is 8.87. The third-order valence-corrected chi connectivity index (χ3v) is 4.29. The molecule has 1 nitrogen and oxygen atoms in total. The monoisotopic (exact) mass is 182 g/mol. The molecule has 2 rings (SSSR count). The molecule has 0 amide bonds. The number of aliphatic hydroxyl groups excluding tert-OH is 1. The maximum absolute atomic E-state index is 9.94. The maximum Gasteiger partial charge on any atom is 0.0573 e. The Kier molecular flexibility index (Phi) is 2.64. The van der Waals surface area contributed by atoms with Crippen LogP contribution in [0.5, 0.6) is 0 Å². The molecule has 0 aromatic carbocycles. The lowest BCUT2D eigenvalue weighted by molar-refractivity contribution is 0.0862. The average Bonchev–Trinajstić information content (AvgIpc) is 2.58. The van der Waals surface area contributed by atoms with E-state index in [1.807, 2.05) is 0 Å². The molecule has 2 aliphatic rings. The summed E-state index contributed by atoms with van der Waals surface area (Å²) >= 11 is 0. The van der Waals surface area contributed by atoms with E-state index in [9.17, 15) is 5.11 Å². The minimum Gasteiger partial charge on any atom is -0.393 e. The summed E-state index contributed by atoms with van der Waals surface area (Å²) in [5, 5.41) is 9.94. The van der Waals surface area contributed by atoms with Gasteiger partial charge >= 0.3 is 0 Å². The molecule has 76 valence electrons. The molecule has 0 aromatic heterocycles. The standard InChI is InChI=1S/C12H22O/c1-8-6-11(12(13)7-8)10-5-3-4-9(10)2/h8-13H,3-7H2,1-2H3. The molecule has 1 heteroatoms. The van der Waals surface area contributed by atoms with Crippen molar-refractivity contribution in [2.24, 2.45) is 23.7 Å². The Morgan fingerprint density at radius 2 is 1.77 bits per heavy atom. The maximum atomic E-state index is 9.94. The van der Waals surface area contributed by atoms with Gasteiger partial charge in [0.25, 0.3) is 0 Å². The molecule has 0 bridgehead atoms. The molecule has 0 spiro atoms. The Bertz CT molecular complexity index is 178. The van der Waals surface area contributed by atoms with Crippen molar-refractivity contribution in [3.63, 3.8) is 0 Å². The molecular weight excluding hydrogens is 160 g/mol. The Morgan fingerprint density at radius 1 is 1.00 bits per heavy atom. The van der Waals surface area contributed by atoms with Crippen molar-refractivity contribution in [1.29, 1.82) is 0 Å². The van der Waals surface area contributed by atoms with E-state index in [1.165, 1.54) is 25.7 Å². The van der Waals surface area contributed by atoms with Crippen LogP contribution in [0.4, 0.5) is 0 Å². The van der Waals surface area contributed by atoms with Gasteiger partial charge in [-0.05, 0) is 42.9 Å². The molecule has 2 fully saturated rings. The van der Waals surface area contributed by atoms with E-state index in [0.29, 0.717) is 5.92 Å². The zero-order chi connectivity index (χ0) is 9.42. The van der Waals surface area contributed by atoms with Crippen molar-refractivity contribution in [3.05, 3.63) is 0 Å². The molecular formula is C12H22O. The first-order valence-corrected chi connectivity index (χ1v) is 5.86. The van der Waals surface area contributed by atoms with Gasteiger partial charge in [0.2, 0.25) is 0 Å². The van der Waals surface area contributed by atoms with Crippen molar-refractivity contribution in [1.82, 2.24) is 0 Å². The van der Waals surface area contributed by atoms with Gasteiger partial charge in [-0.3, -0.25) is 0 Å². The first-order valence-electron chi connectivity index (χ1n) is 5.86. The highest BCUT2D eigenvalue weighted by Crippen LogP contribution is 2.45. The van der Waals surface area contributed by atoms with Crippen LogP contribution in [-0.2, 0) is 0 Å². The fourth-order valence-electron chi connectivity index (χ4n) is 3.58. The second kappa shape index (κ2) is 3.61. The van der Waals surface area contributed by atoms with Gasteiger partial charge in [-0.15, -0.1) is 0 Å². The van der Waals surface area contributed by atoms with E-state index in [0.717, 1.165) is 24.2 Å². The highest BCUT2D eigenvalue weighted by Gasteiger charge is 2.39. The SMILES string of the molecule is CC1CC(O)C(C2CCCC2C)C1. The van der Waals surface area contributed by atoms with Crippen LogP contribution in [0.25, 0.3) is 0 Å². The van der Waals surface area contributed by atoms with Crippen molar-refractivity contribution in [2.75, 3.05) is 0 Å². The van der Waals surface area contributed by atoms with E-state index in [-0.39, 0.29) is 6.10 Å². The quantitative estimate of drug-likeness (QED) is 0.661. The Hall–Kier alpha value is -0.0400. The molecule has 0 radical (unpaired) electrons. The number of hydrogen-bond acceptors (Lipinski definition) is 1. The molecule has 0 aliphatic heterocycles. The van der Waals surface area contributed by atoms with Crippen LogP contribution < -0.4 is 0 Å². The summed E-state index contributed by atoms with van der Waals surface area (Å²) in [6, 6.07) is 0. The van der Waals surface area contributed by atoms with Crippen LogP contribution in [0, 0.1) is 23.7 Å². The van der Waals surface area contributed by atoms with Crippen LogP contribution in [0.1, 0.15) is 46.0 Å². The minimum atomic E-state index is 0.0144. The summed E-state index contributed by atoms with van der Waals surface area (Å²) in [5.74, 6) is 3.09. The lowest BCUT2D eigenvalue weighted by Crippen LogP contribution is -2.24. The minimum absolute atomic E-state index is 0.0144. The molecule has 0 aromatic rings. The van der Waals surface area contributed by atoms with Crippen LogP contribution in [0.3, 0.4) is 0 Å². The normalized spacial score (nSPS) is 51.5. The van der Waals surface area contributed by atoms with Crippen LogP contribution in [0.2, 0.25) is 0 Å². The van der Waals surface area contributed by atoms with E-state index in [1.54, 1.807) is 0 Å². The molecule has 1 N–H and O–H groups in total. The molecule has 0 saturated heterocycles. The van der Waals surface area contributed by atoms with Crippen LogP contribution in [0.15, 0.2) is 0 Å². The van der Waals surface area contributed by atoms with Crippen molar-refractivity contribution in [3.8, 4) is 0 Å². The van der Waals surface area contributed by atoms with Crippen LogP contribution >= 0.6 is 0 Å². The lowest BCUT2D eigenvalue weighted by Gasteiger charge is -2.25. The molecule has 5 atom stereocenters. The van der Waals surface area contributed by atoms with Gasteiger partial charge in [0, 0.05) is 0 Å². The summed E-state index contributed by atoms with van der Waals surface area (Å²) in [7, 11) is 0. The first-order chi connectivity index (χ1) is 6.18. The highest BCUT2D eigenvalue weighted by molar-refractivity contribution is 4.90. The summed E-state index contributed by atoms with van der Waals surface area (Å²) in [6.45, 7) is 4.65. The van der Waals surface area contributed by atoms with E-state index >= 15 is 0 Å². The molecule has 0 heterocycles. The lowest BCUT2D eigenvalue weighted by atomic mass is 9.82. The largest absolute Gasteiger partial charge is 0.393 e. The predicted octanol–water partition coefficient (Wildman–Crippen LogP) is 2.83. The second-order valence-electron chi connectivity index (χ2n) is 5.38. The fraction of sp³-hybridized carbons (Fsp3) is 1.00. The van der Waals surface area contributed by atoms with Gasteiger partial charge in [-0.2, -0.15) is 0 Å². The third kappa shape index (κ3) is 1.76. The Balaban J connectivity index is 1.99. The first kappa shape index (κ1) is 9.51. The van der Waals surface area contributed by atoms with Crippen LogP contribution in [-0.4, -0.2) is 11.2 Å². The van der Waals surface area contributed by atoms with Gasteiger partial charge in [-0.1, -0.05) is 26.7 Å². The summed E-state index contributed by atoms with van der Waals surface area (Å²) in [6.07, 6.45) is 6.49. The highest BCUT2D eigenvalue weighted by atomic mass is 16.3. The van der Waals surface area contributed by atoms with Gasteiger partial charge in [0.05, 0.1) is 6.10 Å². The number of aliphatic hydroxyl groups is 1. The van der Waals surface area contributed by atoms with Gasteiger partial charge in [0.1, 0.15) is 0 Å². The molecule has 13 heavy (non-hydrogen) atoms. The fourth-order valence-corrected chi connectivity index (χ4v) is 3.58. The smallest absolute Gasteiger partial charge is 0.0573 e. The average molecular weight is 182 g/mol. The number of rotatable bonds is 1. The summed E-state index contributed by atoms with van der Waals surface area (Å²) in [4.78, 5) is 0. The molecule has 5 unspecified atom stereocenters. The van der Waals surface area contributed by atoms with Crippen molar-refractivity contribution >= 4 is 0 Å². The van der Waals surface area contributed by atoms with E-state index < -0.39 is 0 Å². The second-order valence-corrected chi connectivity index (χ2v) is 5.38. The Labute approximate surface area is 81.5 Å². The Morgan fingerprint density at radius 3 is 2.23 bits per heavy atom. The number of hydrogen-bond donors (Lipinski definition) is 1. The van der Waals surface area contributed by atoms with E-state index in [2.05, 4.69) is 13.8 Å². The van der Waals surface area contributed by atoms with Crippen molar-refractivity contribution in [2.45, 2.75) is 52.1 Å². The zero-order valence-electron chi connectivity index (χ0n) is 8.87.